The van der Waals surface area contributed by atoms with E-state index < -0.39 is 11.4 Å². The third-order valence-electron chi connectivity index (χ3n) is 3.61. The van der Waals surface area contributed by atoms with Crippen LogP contribution in [-0.2, 0) is 16.1 Å². The smallest absolute Gasteiger partial charge is 0.243 e. The normalized spacial score (nSPS) is 11.2. The molecule has 1 rings (SSSR count). The molecule has 116 valence electrons. The first-order valence-corrected chi connectivity index (χ1v) is 7.72. The minimum atomic E-state index is -0.954. The first kappa shape index (κ1) is 17.7. The van der Waals surface area contributed by atoms with Crippen molar-refractivity contribution in [2.45, 2.75) is 38.8 Å². The standard InChI is InChI=1S/C15H22BrN3O2/c1-3-15(18,4-2)14(21)19(10-13(17)20)9-11-5-7-12(16)8-6-11/h5-8H,3-4,9-10,18H2,1-2H3,(H2,17,20). The Morgan fingerprint density at radius 1 is 1.19 bits per heavy atom. The maximum atomic E-state index is 12.6. The number of carbonyl (C=O) groups excluding carboxylic acids is 2. The molecule has 0 aliphatic heterocycles. The van der Waals surface area contributed by atoms with Crippen molar-refractivity contribution in [1.29, 1.82) is 0 Å². The van der Waals surface area contributed by atoms with Gasteiger partial charge in [0.05, 0.1) is 12.1 Å². The molecule has 0 aliphatic carbocycles. The zero-order chi connectivity index (χ0) is 16.0. The molecule has 0 fully saturated rings. The molecule has 0 spiro atoms. The number of hydrogen-bond donors (Lipinski definition) is 2. The molecule has 2 amide bonds. The Morgan fingerprint density at radius 3 is 2.14 bits per heavy atom. The van der Waals surface area contributed by atoms with Crippen molar-refractivity contribution >= 4 is 27.7 Å². The third kappa shape index (κ3) is 4.82. The van der Waals surface area contributed by atoms with Crippen LogP contribution >= 0.6 is 15.9 Å². The fourth-order valence-corrected chi connectivity index (χ4v) is 2.33. The van der Waals surface area contributed by atoms with Crippen LogP contribution in [0, 0.1) is 0 Å². The first-order valence-electron chi connectivity index (χ1n) is 6.93. The molecule has 4 N–H and O–H groups in total. The zero-order valence-corrected chi connectivity index (χ0v) is 14.0. The molecule has 0 radical (unpaired) electrons. The Bertz CT molecular complexity index is 498. The lowest BCUT2D eigenvalue weighted by Crippen LogP contribution is -2.55. The summed E-state index contributed by atoms with van der Waals surface area (Å²) in [6, 6.07) is 7.55. The summed E-state index contributed by atoms with van der Waals surface area (Å²) in [4.78, 5) is 25.3. The predicted molar refractivity (Wildman–Crippen MR) is 86.3 cm³/mol. The lowest BCUT2D eigenvalue weighted by molar-refractivity contribution is -0.141. The maximum Gasteiger partial charge on any atom is 0.243 e. The second kappa shape index (κ2) is 7.56. The van der Waals surface area contributed by atoms with Gasteiger partial charge in [-0.15, -0.1) is 0 Å². The van der Waals surface area contributed by atoms with Crippen LogP contribution in [0.15, 0.2) is 28.7 Å². The highest BCUT2D eigenvalue weighted by atomic mass is 79.9. The molecule has 5 nitrogen and oxygen atoms in total. The zero-order valence-electron chi connectivity index (χ0n) is 12.4. The van der Waals surface area contributed by atoms with Crippen molar-refractivity contribution < 1.29 is 9.59 Å². The molecular weight excluding hydrogens is 334 g/mol. The molecule has 6 heteroatoms. The number of carbonyl (C=O) groups is 2. The molecule has 0 atom stereocenters. The largest absolute Gasteiger partial charge is 0.368 e. The maximum absolute atomic E-state index is 12.6. The van der Waals surface area contributed by atoms with E-state index in [1.165, 1.54) is 4.90 Å². The van der Waals surface area contributed by atoms with Gasteiger partial charge in [-0.05, 0) is 30.5 Å². The summed E-state index contributed by atoms with van der Waals surface area (Å²) < 4.78 is 0.953. The van der Waals surface area contributed by atoms with Gasteiger partial charge in [-0.1, -0.05) is 41.9 Å². The number of halogens is 1. The monoisotopic (exact) mass is 355 g/mol. The summed E-state index contributed by atoms with van der Waals surface area (Å²) in [5.41, 5.74) is 11.4. The topological polar surface area (TPSA) is 89.4 Å². The van der Waals surface area contributed by atoms with Gasteiger partial charge in [-0.2, -0.15) is 0 Å². The van der Waals surface area contributed by atoms with E-state index in [1.54, 1.807) is 0 Å². The van der Waals surface area contributed by atoms with Gasteiger partial charge in [0.25, 0.3) is 0 Å². The highest BCUT2D eigenvalue weighted by Gasteiger charge is 2.34. The molecule has 0 saturated carbocycles. The second-order valence-corrected chi connectivity index (χ2v) is 6.03. The Balaban J connectivity index is 2.97. The van der Waals surface area contributed by atoms with Gasteiger partial charge in [0.1, 0.15) is 0 Å². The van der Waals surface area contributed by atoms with Crippen LogP contribution in [0.4, 0.5) is 0 Å². The van der Waals surface area contributed by atoms with Crippen molar-refractivity contribution in [1.82, 2.24) is 4.90 Å². The highest BCUT2D eigenvalue weighted by Crippen LogP contribution is 2.18. The van der Waals surface area contributed by atoms with Gasteiger partial charge in [0.15, 0.2) is 0 Å². The number of rotatable bonds is 7. The second-order valence-electron chi connectivity index (χ2n) is 5.12. The molecule has 0 unspecified atom stereocenters. The Hall–Kier alpha value is -1.40. The molecule has 1 aromatic rings. The van der Waals surface area contributed by atoms with E-state index in [4.69, 9.17) is 11.5 Å². The van der Waals surface area contributed by atoms with E-state index in [0.717, 1.165) is 10.0 Å². The lowest BCUT2D eigenvalue weighted by Gasteiger charge is -2.32. The minimum absolute atomic E-state index is 0.131. The summed E-state index contributed by atoms with van der Waals surface area (Å²) in [6.45, 7) is 3.91. The Labute approximate surface area is 133 Å². The average Bonchev–Trinajstić information content (AvgIpc) is 2.46. The van der Waals surface area contributed by atoms with Crippen LogP contribution in [0.5, 0.6) is 0 Å². The van der Waals surface area contributed by atoms with Crippen molar-refractivity contribution in [2.24, 2.45) is 11.5 Å². The van der Waals surface area contributed by atoms with Crippen molar-refractivity contribution in [2.75, 3.05) is 6.54 Å². The Morgan fingerprint density at radius 2 is 1.71 bits per heavy atom. The molecule has 0 heterocycles. The van der Waals surface area contributed by atoms with Crippen LogP contribution in [-0.4, -0.2) is 28.8 Å². The van der Waals surface area contributed by atoms with Gasteiger partial charge in [-0.25, -0.2) is 0 Å². The lowest BCUT2D eigenvalue weighted by atomic mass is 9.92. The number of amides is 2. The van der Waals surface area contributed by atoms with Crippen LogP contribution in [0.1, 0.15) is 32.3 Å². The van der Waals surface area contributed by atoms with E-state index in [9.17, 15) is 9.59 Å². The molecular formula is C15H22BrN3O2. The first-order chi connectivity index (χ1) is 9.82. The number of benzene rings is 1. The van der Waals surface area contributed by atoms with E-state index in [-0.39, 0.29) is 12.5 Å². The van der Waals surface area contributed by atoms with Crippen molar-refractivity contribution in [3.8, 4) is 0 Å². The molecule has 21 heavy (non-hydrogen) atoms. The fourth-order valence-electron chi connectivity index (χ4n) is 2.07. The third-order valence-corrected chi connectivity index (χ3v) is 4.14. The summed E-state index contributed by atoms with van der Waals surface area (Å²) in [5, 5.41) is 0. The van der Waals surface area contributed by atoms with Crippen LogP contribution < -0.4 is 11.5 Å². The van der Waals surface area contributed by atoms with Crippen LogP contribution in [0.2, 0.25) is 0 Å². The SMILES string of the molecule is CCC(N)(CC)C(=O)N(CC(N)=O)Cc1ccc(Br)cc1. The van der Waals surface area contributed by atoms with Gasteiger partial charge in [0.2, 0.25) is 11.8 Å². The van der Waals surface area contributed by atoms with Gasteiger partial charge in [0, 0.05) is 11.0 Å². The Kier molecular flexibility index (Phi) is 6.36. The minimum Gasteiger partial charge on any atom is -0.368 e. The van der Waals surface area contributed by atoms with E-state index in [0.29, 0.717) is 19.4 Å². The summed E-state index contributed by atoms with van der Waals surface area (Å²) in [6.07, 6.45) is 1.02. The van der Waals surface area contributed by atoms with Gasteiger partial charge >= 0.3 is 0 Å². The fraction of sp³-hybridized carbons (Fsp3) is 0.467. The number of primary amides is 1. The number of nitrogens with two attached hydrogens (primary N) is 2. The summed E-state index contributed by atoms with van der Waals surface area (Å²) >= 11 is 3.36. The number of hydrogen-bond acceptors (Lipinski definition) is 3. The summed E-state index contributed by atoms with van der Waals surface area (Å²) in [5.74, 6) is -0.788. The quantitative estimate of drug-likeness (QED) is 0.780. The van der Waals surface area contributed by atoms with E-state index in [1.807, 2.05) is 38.1 Å². The van der Waals surface area contributed by atoms with Gasteiger partial charge < -0.3 is 16.4 Å². The van der Waals surface area contributed by atoms with Crippen LogP contribution in [0.3, 0.4) is 0 Å². The molecule has 0 aromatic heterocycles. The van der Waals surface area contributed by atoms with E-state index >= 15 is 0 Å². The molecule has 0 bridgehead atoms. The molecule has 0 aliphatic rings. The highest BCUT2D eigenvalue weighted by molar-refractivity contribution is 9.10. The number of nitrogens with zero attached hydrogens (tertiary/aromatic N) is 1. The summed E-state index contributed by atoms with van der Waals surface area (Å²) in [7, 11) is 0. The van der Waals surface area contributed by atoms with Gasteiger partial charge in [-0.3, -0.25) is 9.59 Å². The van der Waals surface area contributed by atoms with Crippen molar-refractivity contribution in [3.05, 3.63) is 34.3 Å². The molecule has 1 aromatic carbocycles. The predicted octanol–water partition coefficient (Wildman–Crippen LogP) is 1.78. The van der Waals surface area contributed by atoms with Crippen molar-refractivity contribution in [3.63, 3.8) is 0 Å². The van der Waals surface area contributed by atoms with E-state index in [2.05, 4.69) is 15.9 Å². The molecule has 0 saturated heterocycles. The average molecular weight is 356 g/mol. The van der Waals surface area contributed by atoms with Crippen LogP contribution in [0.25, 0.3) is 0 Å².